The highest BCUT2D eigenvalue weighted by atomic mass is 19.1. The number of carbonyl (C=O) groups excluding carboxylic acids is 2. The molecule has 2 N–H and O–H groups in total. The maximum absolute atomic E-state index is 13.6. The summed E-state index contributed by atoms with van der Waals surface area (Å²) < 4.78 is 13.6. The normalized spacial score (nSPS) is 31.7. The molecule has 4 fully saturated rings. The molecule has 152 valence electrons. The smallest absolute Gasteiger partial charge is 0.247 e. The van der Waals surface area contributed by atoms with Gasteiger partial charge in [-0.25, -0.2) is 4.39 Å². The number of halogens is 1. The molecular weight excluding hydrogens is 355 g/mol. The van der Waals surface area contributed by atoms with Crippen molar-refractivity contribution in [1.29, 1.82) is 0 Å². The van der Waals surface area contributed by atoms with Crippen molar-refractivity contribution in [2.75, 3.05) is 5.32 Å². The molecule has 0 radical (unpaired) electrons. The van der Waals surface area contributed by atoms with Crippen LogP contribution in [0.25, 0.3) is 0 Å². The molecule has 0 aliphatic heterocycles. The Labute approximate surface area is 166 Å². The predicted molar refractivity (Wildman–Crippen MR) is 107 cm³/mol. The Morgan fingerprint density at radius 3 is 2.18 bits per heavy atom. The first-order chi connectivity index (χ1) is 13.3. The molecule has 1 atom stereocenters. The summed E-state index contributed by atoms with van der Waals surface area (Å²) in [5.74, 6) is 1.37. The highest BCUT2D eigenvalue weighted by Gasteiger charge is 2.55. The molecule has 1 aromatic carbocycles. The minimum absolute atomic E-state index is 0.0493. The minimum Gasteiger partial charge on any atom is -0.344 e. The lowest BCUT2D eigenvalue weighted by molar-refractivity contribution is -0.148. The number of carbonyl (C=O) groups is 2. The van der Waals surface area contributed by atoms with Crippen molar-refractivity contribution in [2.45, 2.75) is 65.3 Å². The molecule has 28 heavy (non-hydrogen) atoms. The Morgan fingerprint density at radius 1 is 1.07 bits per heavy atom. The number of hydrogen-bond donors (Lipinski definition) is 2. The molecule has 4 saturated carbocycles. The molecule has 4 nitrogen and oxygen atoms in total. The average Bonchev–Trinajstić information content (AvgIpc) is 2.61. The fourth-order valence-corrected chi connectivity index (χ4v) is 6.16. The maximum Gasteiger partial charge on any atom is 0.247 e. The molecule has 0 saturated heterocycles. The van der Waals surface area contributed by atoms with Gasteiger partial charge in [0.1, 0.15) is 11.9 Å². The number of benzene rings is 1. The number of amides is 2. The lowest BCUT2D eigenvalue weighted by Gasteiger charge is -2.55. The summed E-state index contributed by atoms with van der Waals surface area (Å²) in [6, 6.07) is 3.72. The summed E-state index contributed by atoms with van der Waals surface area (Å²) >= 11 is 0. The van der Waals surface area contributed by atoms with Crippen molar-refractivity contribution in [3.63, 3.8) is 0 Å². The van der Waals surface area contributed by atoms with Gasteiger partial charge in [-0.15, -0.1) is 0 Å². The van der Waals surface area contributed by atoms with Crippen molar-refractivity contribution < 1.29 is 14.0 Å². The maximum atomic E-state index is 13.6. The zero-order valence-electron chi connectivity index (χ0n) is 17.1. The van der Waals surface area contributed by atoms with E-state index < -0.39 is 6.04 Å². The largest absolute Gasteiger partial charge is 0.344 e. The topological polar surface area (TPSA) is 58.2 Å². The van der Waals surface area contributed by atoms with E-state index in [9.17, 15) is 14.0 Å². The Kier molecular flexibility index (Phi) is 4.96. The highest BCUT2D eigenvalue weighted by molar-refractivity contribution is 5.98. The first-order valence-corrected chi connectivity index (χ1v) is 10.6. The van der Waals surface area contributed by atoms with Crippen molar-refractivity contribution >= 4 is 17.5 Å². The van der Waals surface area contributed by atoms with Crippen LogP contribution in [0.5, 0.6) is 0 Å². The van der Waals surface area contributed by atoms with Gasteiger partial charge in [0.05, 0.1) is 0 Å². The highest BCUT2D eigenvalue weighted by Crippen LogP contribution is 2.60. The van der Waals surface area contributed by atoms with Crippen LogP contribution in [0, 0.1) is 41.8 Å². The SMILES string of the molecule is Cc1ccc(F)cc1NC(=O)[C@H](NC(=O)C12CC3CC(CC(C3)C1)C2)C(C)C. The Morgan fingerprint density at radius 2 is 1.64 bits per heavy atom. The van der Waals surface area contributed by atoms with E-state index in [1.54, 1.807) is 6.07 Å². The second kappa shape index (κ2) is 7.16. The first kappa shape index (κ1) is 19.4. The molecule has 0 heterocycles. The van der Waals surface area contributed by atoms with Crippen LogP contribution in [-0.4, -0.2) is 17.9 Å². The number of rotatable bonds is 5. The molecule has 5 rings (SSSR count). The van der Waals surface area contributed by atoms with Crippen LogP contribution >= 0.6 is 0 Å². The quantitative estimate of drug-likeness (QED) is 0.786. The van der Waals surface area contributed by atoms with Crippen molar-refractivity contribution in [2.24, 2.45) is 29.1 Å². The summed E-state index contributed by atoms with van der Waals surface area (Å²) in [5.41, 5.74) is 0.973. The third-order valence-electron chi connectivity index (χ3n) is 7.21. The van der Waals surface area contributed by atoms with Crippen LogP contribution in [-0.2, 0) is 9.59 Å². The molecule has 4 aliphatic carbocycles. The minimum atomic E-state index is -0.622. The number of aryl methyl sites for hydroxylation is 1. The second-order valence-electron chi connectivity index (χ2n) is 9.84. The Balaban J connectivity index is 1.48. The van der Waals surface area contributed by atoms with Crippen LogP contribution in [0.4, 0.5) is 10.1 Å². The monoisotopic (exact) mass is 386 g/mol. The average molecular weight is 387 g/mol. The van der Waals surface area contributed by atoms with Crippen LogP contribution in [0.15, 0.2) is 18.2 Å². The van der Waals surface area contributed by atoms with Gasteiger partial charge in [0.2, 0.25) is 11.8 Å². The van der Waals surface area contributed by atoms with E-state index in [0.29, 0.717) is 23.4 Å². The third kappa shape index (κ3) is 3.56. The van der Waals surface area contributed by atoms with Gasteiger partial charge < -0.3 is 10.6 Å². The summed E-state index contributed by atoms with van der Waals surface area (Å²) in [6.07, 6.45) is 6.75. The molecule has 5 heteroatoms. The molecule has 0 spiro atoms. The lowest BCUT2D eigenvalue weighted by atomic mass is 9.49. The van der Waals surface area contributed by atoms with Crippen LogP contribution in [0.2, 0.25) is 0 Å². The Bertz CT molecular complexity index is 754. The second-order valence-corrected chi connectivity index (χ2v) is 9.84. The fraction of sp³-hybridized carbons (Fsp3) is 0.652. The zero-order chi connectivity index (χ0) is 20.1. The van der Waals surface area contributed by atoms with Gasteiger partial charge in [-0.3, -0.25) is 9.59 Å². The third-order valence-corrected chi connectivity index (χ3v) is 7.21. The van der Waals surface area contributed by atoms with Gasteiger partial charge >= 0.3 is 0 Å². The van der Waals surface area contributed by atoms with Gasteiger partial charge in [-0.05, 0) is 86.8 Å². The van der Waals surface area contributed by atoms with Gasteiger partial charge in [-0.2, -0.15) is 0 Å². The van der Waals surface area contributed by atoms with E-state index >= 15 is 0 Å². The van der Waals surface area contributed by atoms with Gasteiger partial charge in [0.15, 0.2) is 0 Å². The van der Waals surface area contributed by atoms with E-state index in [2.05, 4.69) is 10.6 Å². The summed E-state index contributed by atoms with van der Waals surface area (Å²) in [7, 11) is 0. The van der Waals surface area contributed by atoms with Crippen molar-refractivity contribution in [1.82, 2.24) is 5.32 Å². The van der Waals surface area contributed by atoms with E-state index in [4.69, 9.17) is 0 Å². The number of anilines is 1. The van der Waals surface area contributed by atoms with Gasteiger partial charge in [0.25, 0.3) is 0 Å². The molecule has 2 amide bonds. The Hall–Kier alpha value is -1.91. The molecule has 4 aliphatic rings. The van der Waals surface area contributed by atoms with Crippen molar-refractivity contribution in [3.8, 4) is 0 Å². The molecular formula is C23H31FN2O2. The van der Waals surface area contributed by atoms with Crippen LogP contribution in [0.3, 0.4) is 0 Å². The standard InChI is InChI=1S/C23H31FN2O2/c1-13(2)20(21(27)25-19-9-18(24)5-4-14(19)3)26-22(28)23-10-15-6-16(11-23)8-17(7-15)12-23/h4-5,9,13,15-17,20H,6-8,10-12H2,1-3H3,(H,25,27)(H,26,28)/t15?,16?,17?,20-,23?/m1/s1. The molecule has 0 aromatic heterocycles. The van der Waals surface area contributed by atoms with Crippen LogP contribution < -0.4 is 10.6 Å². The molecule has 4 bridgehead atoms. The van der Waals surface area contributed by atoms with E-state index in [1.807, 2.05) is 20.8 Å². The molecule has 0 unspecified atom stereocenters. The van der Waals surface area contributed by atoms with E-state index in [1.165, 1.54) is 31.4 Å². The number of hydrogen-bond acceptors (Lipinski definition) is 2. The molecule has 1 aromatic rings. The zero-order valence-corrected chi connectivity index (χ0v) is 17.1. The summed E-state index contributed by atoms with van der Waals surface area (Å²) in [5, 5.41) is 5.90. The van der Waals surface area contributed by atoms with Gasteiger partial charge in [-0.1, -0.05) is 19.9 Å². The first-order valence-electron chi connectivity index (χ1n) is 10.6. The predicted octanol–water partition coefficient (Wildman–Crippen LogP) is 4.43. The van der Waals surface area contributed by atoms with Crippen LogP contribution in [0.1, 0.15) is 57.9 Å². The summed E-state index contributed by atoms with van der Waals surface area (Å²) in [4.78, 5) is 26.3. The van der Waals surface area contributed by atoms with Crippen molar-refractivity contribution in [3.05, 3.63) is 29.6 Å². The summed E-state index contributed by atoms with van der Waals surface area (Å²) in [6.45, 7) is 5.69. The lowest BCUT2D eigenvalue weighted by Crippen LogP contribution is -2.57. The van der Waals surface area contributed by atoms with E-state index in [0.717, 1.165) is 24.8 Å². The fourth-order valence-electron chi connectivity index (χ4n) is 6.16. The number of nitrogens with one attached hydrogen (secondary N) is 2. The van der Waals surface area contributed by atoms with Gasteiger partial charge in [0, 0.05) is 11.1 Å². The van der Waals surface area contributed by atoms with E-state index in [-0.39, 0.29) is 29.0 Å².